The molecule has 0 saturated heterocycles. The monoisotopic (exact) mass is 388 g/mol. The van der Waals surface area contributed by atoms with E-state index in [-0.39, 0.29) is 0 Å². The topological polar surface area (TPSA) is 41.8 Å². The Morgan fingerprint density at radius 2 is 1.59 bits per heavy atom. The molecule has 0 unspecified atom stereocenters. The average molecular weight is 388 g/mol. The van der Waals surface area contributed by atoms with Crippen LogP contribution in [0.5, 0.6) is 0 Å². The summed E-state index contributed by atoms with van der Waals surface area (Å²) in [5, 5.41) is -1.14. The minimum atomic E-state index is -1.51. The SMILES string of the molecule is [B]c1ccc(-c2nc(-c3ccc(-c4ccc(C([B])([B])[B])c(Cl)c4)o3)[nH]c2C)cc1. The Balaban J connectivity index is 1.66. The first-order valence-corrected chi connectivity index (χ1v) is 9.30. The Labute approximate surface area is 179 Å². The molecule has 8 radical (unpaired) electrons. The van der Waals surface area contributed by atoms with Crippen LogP contribution in [-0.2, 0) is 5.11 Å². The second kappa shape index (κ2) is 7.38. The summed E-state index contributed by atoms with van der Waals surface area (Å²) in [4.78, 5) is 7.95. The van der Waals surface area contributed by atoms with Crippen molar-refractivity contribution in [1.29, 1.82) is 0 Å². The van der Waals surface area contributed by atoms with Gasteiger partial charge in [0, 0.05) is 21.8 Å². The van der Waals surface area contributed by atoms with E-state index in [9.17, 15) is 0 Å². The summed E-state index contributed by atoms with van der Waals surface area (Å²) in [5.74, 6) is 1.87. The lowest BCUT2D eigenvalue weighted by atomic mass is 9.40. The number of aryl methyl sites for hydroxylation is 1. The number of furan rings is 1. The lowest BCUT2D eigenvalue weighted by Gasteiger charge is -2.22. The molecule has 1 N–H and O–H groups in total. The maximum Gasteiger partial charge on any atom is 0.174 e. The molecule has 0 bridgehead atoms. The van der Waals surface area contributed by atoms with Crippen molar-refractivity contribution in [3.63, 3.8) is 0 Å². The van der Waals surface area contributed by atoms with E-state index in [1.165, 1.54) is 0 Å². The number of rotatable bonds is 4. The quantitative estimate of drug-likeness (QED) is 0.545. The maximum atomic E-state index is 6.28. The van der Waals surface area contributed by atoms with Crippen LogP contribution < -0.4 is 5.46 Å². The van der Waals surface area contributed by atoms with Crippen molar-refractivity contribution in [2.24, 2.45) is 0 Å². The number of aromatic nitrogens is 2. The Morgan fingerprint density at radius 1 is 0.931 bits per heavy atom. The molecule has 3 nitrogen and oxygen atoms in total. The number of imidazole rings is 1. The lowest BCUT2D eigenvalue weighted by Crippen LogP contribution is -2.27. The van der Waals surface area contributed by atoms with Crippen molar-refractivity contribution in [2.75, 3.05) is 0 Å². The van der Waals surface area contributed by atoms with E-state index in [2.05, 4.69) is 9.97 Å². The molecule has 0 atom stereocenters. The van der Waals surface area contributed by atoms with E-state index in [1.54, 1.807) is 18.2 Å². The zero-order chi connectivity index (χ0) is 20.8. The normalized spacial score (nSPS) is 11.7. The molecule has 0 spiro atoms. The number of H-pyrrole nitrogens is 1. The predicted molar refractivity (Wildman–Crippen MR) is 121 cm³/mol. The highest BCUT2D eigenvalue weighted by Gasteiger charge is 2.18. The van der Waals surface area contributed by atoms with E-state index < -0.39 is 5.11 Å². The third-order valence-corrected chi connectivity index (χ3v) is 4.94. The molecule has 29 heavy (non-hydrogen) atoms. The highest BCUT2D eigenvalue weighted by Crippen LogP contribution is 2.33. The lowest BCUT2D eigenvalue weighted by molar-refractivity contribution is 0.593. The first-order chi connectivity index (χ1) is 13.7. The van der Waals surface area contributed by atoms with E-state index in [0.717, 1.165) is 22.5 Å². The van der Waals surface area contributed by atoms with Gasteiger partial charge in [0.05, 0.1) is 29.2 Å². The molecule has 0 saturated carbocycles. The van der Waals surface area contributed by atoms with Crippen LogP contribution in [0.2, 0.25) is 5.02 Å². The molecule has 0 aliphatic heterocycles. The first kappa shape index (κ1) is 19.8. The van der Waals surface area contributed by atoms with Gasteiger partial charge in [-0.2, -0.15) is 0 Å². The van der Waals surface area contributed by atoms with Crippen molar-refractivity contribution in [1.82, 2.24) is 9.97 Å². The number of nitrogens with zero attached hydrogens (tertiary/aromatic N) is 1. The highest BCUT2D eigenvalue weighted by atomic mass is 35.5. The summed E-state index contributed by atoms with van der Waals surface area (Å²) < 4.78 is 5.99. The minimum Gasteiger partial charge on any atom is -0.453 e. The van der Waals surface area contributed by atoms with Gasteiger partial charge in [0.1, 0.15) is 13.6 Å². The number of benzene rings is 2. The van der Waals surface area contributed by atoms with Crippen LogP contribution in [0.25, 0.3) is 34.2 Å². The number of aromatic amines is 1. The summed E-state index contributed by atoms with van der Waals surface area (Å²) in [5.41, 5.74) is 4.68. The van der Waals surface area contributed by atoms with Crippen molar-refractivity contribution in [3.05, 3.63) is 70.9 Å². The largest absolute Gasteiger partial charge is 0.453 e. The van der Waals surface area contributed by atoms with Crippen LogP contribution in [0.4, 0.5) is 0 Å². The van der Waals surface area contributed by atoms with Crippen LogP contribution in [0.15, 0.2) is 59.0 Å². The third-order valence-electron chi connectivity index (χ3n) is 4.63. The molecule has 0 aliphatic carbocycles. The van der Waals surface area contributed by atoms with Crippen LogP contribution >= 0.6 is 11.6 Å². The van der Waals surface area contributed by atoms with Crippen LogP contribution in [-0.4, -0.2) is 41.4 Å². The molecular formula is C21H13B4ClN2O. The molecule has 0 amide bonds. The van der Waals surface area contributed by atoms with Crippen molar-refractivity contribution in [3.8, 4) is 34.2 Å². The Bertz CT molecular complexity index is 1180. The Morgan fingerprint density at radius 3 is 2.24 bits per heavy atom. The molecule has 2 aromatic heterocycles. The summed E-state index contributed by atoms with van der Waals surface area (Å²) in [6.45, 7) is 1.96. The fourth-order valence-electron chi connectivity index (χ4n) is 3.14. The summed E-state index contributed by atoms with van der Waals surface area (Å²) in [6.07, 6.45) is 0. The number of nitrogens with one attached hydrogen (secondary N) is 1. The number of halogens is 1. The molecule has 0 aliphatic rings. The van der Waals surface area contributed by atoms with Crippen LogP contribution in [0.1, 0.15) is 11.3 Å². The van der Waals surface area contributed by atoms with Crippen molar-refractivity contribution in [2.45, 2.75) is 12.0 Å². The van der Waals surface area contributed by atoms with Crippen molar-refractivity contribution >= 4 is 48.4 Å². The predicted octanol–water partition coefficient (Wildman–Crippen LogP) is 3.38. The Kier molecular flexibility index (Phi) is 5.04. The van der Waals surface area contributed by atoms with Gasteiger partial charge in [-0.15, -0.1) is 5.11 Å². The van der Waals surface area contributed by atoms with Gasteiger partial charge < -0.3 is 9.40 Å². The van der Waals surface area contributed by atoms with Crippen LogP contribution in [0.3, 0.4) is 0 Å². The van der Waals surface area contributed by atoms with Gasteiger partial charge >= 0.3 is 0 Å². The minimum absolute atomic E-state index is 0.368. The summed E-state index contributed by atoms with van der Waals surface area (Å²) >= 11 is 6.28. The Hall–Kier alpha value is -2.52. The van der Waals surface area contributed by atoms with E-state index in [0.29, 0.717) is 33.4 Å². The van der Waals surface area contributed by atoms with Gasteiger partial charge in [-0.05, 0) is 30.7 Å². The summed E-state index contributed by atoms with van der Waals surface area (Å²) in [6, 6.07) is 16.5. The molecule has 2 aromatic carbocycles. The van der Waals surface area contributed by atoms with E-state index >= 15 is 0 Å². The second-order valence-corrected chi connectivity index (χ2v) is 7.38. The molecular weight excluding hydrogens is 375 g/mol. The molecule has 0 fully saturated rings. The third kappa shape index (κ3) is 3.97. The molecule has 8 heteroatoms. The smallest absolute Gasteiger partial charge is 0.174 e. The molecule has 4 rings (SSSR count). The fraction of sp³-hybridized carbons (Fsp3) is 0.0952. The van der Waals surface area contributed by atoms with Gasteiger partial charge in [-0.1, -0.05) is 53.5 Å². The fourth-order valence-corrected chi connectivity index (χ4v) is 3.48. The van der Waals surface area contributed by atoms with Gasteiger partial charge in [-0.3, -0.25) is 0 Å². The van der Waals surface area contributed by atoms with Gasteiger partial charge in [0.25, 0.3) is 0 Å². The maximum absolute atomic E-state index is 6.28. The number of hydrogen-bond donors (Lipinski definition) is 1. The zero-order valence-electron chi connectivity index (χ0n) is 15.7. The standard InChI is InChI=1S/C21H13B4ClN2O/c1-11-19(12-2-5-14(22)6-3-12)28-20(27-11)18-9-8-17(29-18)13-4-7-15(16(26)10-13)21(23,24)25/h2-10H,1H3,(H,27,28). The van der Waals surface area contributed by atoms with E-state index in [1.807, 2.05) is 43.3 Å². The number of hydrogen-bond acceptors (Lipinski definition) is 2. The molecule has 2 heterocycles. The van der Waals surface area contributed by atoms with Gasteiger partial charge in [0.2, 0.25) is 0 Å². The van der Waals surface area contributed by atoms with E-state index in [4.69, 9.17) is 47.4 Å². The van der Waals surface area contributed by atoms with Crippen LogP contribution in [0, 0.1) is 6.92 Å². The zero-order valence-corrected chi connectivity index (χ0v) is 16.5. The molecule has 132 valence electrons. The molecule has 4 aromatic rings. The van der Waals surface area contributed by atoms with Gasteiger partial charge in [-0.25, -0.2) is 4.98 Å². The summed E-state index contributed by atoms with van der Waals surface area (Å²) in [7, 11) is 22.9. The van der Waals surface area contributed by atoms with Crippen molar-refractivity contribution < 1.29 is 4.42 Å². The highest BCUT2D eigenvalue weighted by molar-refractivity contribution is 6.59. The average Bonchev–Trinajstić information content (AvgIpc) is 3.28. The second-order valence-electron chi connectivity index (χ2n) is 6.97. The first-order valence-electron chi connectivity index (χ1n) is 8.92. The van der Waals surface area contributed by atoms with Gasteiger partial charge in [0.15, 0.2) is 11.6 Å².